The van der Waals surface area contributed by atoms with Crippen LogP contribution >= 0.6 is 0 Å². The van der Waals surface area contributed by atoms with E-state index in [0.29, 0.717) is 5.54 Å². The van der Waals surface area contributed by atoms with Crippen LogP contribution in [0.1, 0.15) is 45.4 Å². The summed E-state index contributed by atoms with van der Waals surface area (Å²) in [6.07, 6.45) is 8.71. The van der Waals surface area contributed by atoms with E-state index in [1.807, 2.05) is 0 Å². The highest BCUT2D eigenvalue weighted by Gasteiger charge is 2.36. The van der Waals surface area contributed by atoms with Gasteiger partial charge in [0.15, 0.2) is 0 Å². The molecule has 0 aromatic heterocycles. The van der Waals surface area contributed by atoms with Crippen molar-refractivity contribution in [2.24, 2.45) is 5.92 Å². The Morgan fingerprint density at radius 1 is 1.36 bits per heavy atom. The van der Waals surface area contributed by atoms with Crippen molar-refractivity contribution >= 4 is 0 Å². The Hall–Kier alpha value is -0.0400. The van der Waals surface area contributed by atoms with Gasteiger partial charge in [-0.2, -0.15) is 0 Å². The van der Waals surface area contributed by atoms with Gasteiger partial charge in [0.05, 0.1) is 0 Å². The molecule has 1 N–H and O–H groups in total. The third-order valence-corrected chi connectivity index (χ3v) is 3.33. The molecule has 0 bridgehead atoms. The van der Waals surface area contributed by atoms with E-state index in [1.54, 1.807) is 0 Å². The molecule has 0 aliphatic heterocycles. The van der Waals surface area contributed by atoms with E-state index in [9.17, 15) is 0 Å². The largest absolute Gasteiger partial charge is 0.312 e. The molecule has 2 saturated carbocycles. The summed E-state index contributed by atoms with van der Waals surface area (Å²) in [6, 6.07) is 0. The molecule has 0 heterocycles. The molecule has 64 valence electrons. The first-order valence-electron chi connectivity index (χ1n) is 5.04. The van der Waals surface area contributed by atoms with E-state index in [0.717, 1.165) is 5.92 Å². The van der Waals surface area contributed by atoms with Crippen LogP contribution in [0.2, 0.25) is 0 Å². The van der Waals surface area contributed by atoms with E-state index in [-0.39, 0.29) is 0 Å². The summed E-state index contributed by atoms with van der Waals surface area (Å²) >= 11 is 0. The van der Waals surface area contributed by atoms with Gasteiger partial charge >= 0.3 is 0 Å². The van der Waals surface area contributed by atoms with Crippen molar-refractivity contribution in [1.82, 2.24) is 5.32 Å². The molecule has 0 spiro atoms. The average Bonchev–Trinajstić information content (AvgIpc) is 2.57. The molecular formula is C10H19N. The minimum atomic E-state index is 0.559. The average molecular weight is 153 g/mol. The number of hydrogen-bond donors (Lipinski definition) is 1. The Morgan fingerprint density at radius 3 is 2.55 bits per heavy atom. The van der Waals surface area contributed by atoms with Crippen molar-refractivity contribution < 1.29 is 0 Å². The smallest absolute Gasteiger partial charge is 0.0154 e. The van der Waals surface area contributed by atoms with Crippen molar-refractivity contribution in [3.63, 3.8) is 0 Å². The second kappa shape index (κ2) is 2.78. The van der Waals surface area contributed by atoms with Gasteiger partial charge in [0, 0.05) is 5.54 Å². The molecule has 2 fully saturated rings. The summed E-state index contributed by atoms with van der Waals surface area (Å²) in [6.45, 7) is 3.61. The van der Waals surface area contributed by atoms with Crippen LogP contribution in [-0.4, -0.2) is 12.1 Å². The molecule has 0 amide bonds. The Bertz CT molecular complexity index is 134. The van der Waals surface area contributed by atoms with Gasteiger partial charge in [-0.05, 0) is 38.6 Å². The summed E-state index contributed by atoms with van der Waals surface area (Å²) < 4.78 is 0. The Labute approximate surface area is 69.6 Å². The molecule has 1 heteroatoms. The van der Waals surface area contributed by atoms with Crippen LogP contribution in [0.15, 0.2) is 0 Å². The molecule has 0 atom stereocenters. The summed E-state index contributed by atoms with van der Waals surface area (Å²) in [5, 5.41) is 3.63. The summed E-state index contributed by atoms with van der Waals surface area (Å²) in [5.41, 5.74) is 0.559. The molecule has 2 aliphatic rings. The van der Waals surface area contributed by atoms with E-state index >= 15 is 0 Å². The van der Waals surface area contributed by atoms with E-state index in [1.165, 1.54) is 45.1 Å². The molecular weight excluding hydrogens is 134 g/mol. The summed E-state index contributed by atoms with van der Waals surface area (Å²) in [7, 11) is 0. The minimum Gasteiger partial charge on any atom is -0.312 e. The molecule has 0 radical (unpaired) electrons. The van der Waals surface area contributed by atoms with Crippen LogP contribution < -0.4 is 5.32 Å². The molecule has 2 rings (SSSR count). The monoisotopic (exact) mass is 153 g/mol. The Kier molecular flexibility index (Phi) is 1.92. The highest BCUT2D eigenvalue weighted by Crippen LogP contribution is 2.35. The number of rotatable bonds is 4. The van der Waals surface area contributed by atoms with Crippen LogP contribution in [0.5, 0.6) is 0 Å². The fourth-order valence-corrected chi connectivity index (χ4v) is 1.72. The van der Waals surface area contributed by atoms with Crippen LogP contribution in [0, 0.1) is 5.92 Å². The lowest BCUT2D eigenvalue weighted by molar-refractivity contribution is 0.287. The molecule has 0 saturated heterocycles. The zero-order chi connectivity index (χ0) is 7.73. The maximum absolute atomic E-state index is 3.63. The zero-order valence-corrected chi connectivity index (χ0v) is 7.53. The van der Waals surface area contributed by atoms with Crippen molar-refractivity contribution in [2.75, 3.05) is 6.54 Å². The Morgan fingerprint density at radius 2 is 2.09 bits per heavy atom. The van der Waals surface area contributed by atoms with Crippen LogP contribution in [0.4, 0.5) is 0 Å². The van der Waals surface area contributed by atoms with Gasteiger partial charge in [-0.25, -0.2) is 0 Å². The second-order valence-electron chi connectivity index (χ2n) is 4.57. The van der Waals surface area contributed by atoms with E-state index in [2.05, 4.69) is 12.2 Å². The first-order chi connectivity index (χ1) is 5.29. The maximum Gasteiger partial charge on any atom is 0.0154 e. The van der Waals surface area contributed by atoms with Gasteiger partial charge in [-0.1, -0.05) is 19.3 Å². The molecule has 1 nitrogen and oxygen atoms in total. The highest BCUT2D eigenvalue weighted by atomic mass is 15.0. The molecule has 11 heavy (non-hydrogen) atoms. The van der Waals surface area contributed by atoms with Gasteiger partial charge in [0.2, 0.25) is 0 Å². The lowest BCUT2D eigenvalue weighted by Crippen LogP contribution is -2.30. The standard InChI is InChI=1S/C10H19N/c1-10(6-7-10)11-8-5-9-3-2-4-9/h9,11H,2-8H2,1H3. The van der Waals surface area contributed by atoms with Gasteiger partial charge in [-0.3, -0.25) is 0 Å². The topological polar surface area (TPSA) is 12.0 Å². The first kappa shape index (κ1) is 7.60. The third kappa shape index (κ3) is 1.96. The van der Waals surface area contributed by atoms with E-state index < -0.39 is 0 Å². The lowest BCUT2D eigenvalue weighted by atomic mass is 9.83. The van der Waals surface area contributed by atoms with Gasteiger partial charge < -0.3 is 5.32 Å². The molecule has 0 unspecified atom stereocenters. The molecule has 0 aromatic carbocycles. The lowest BCUT2D eigenvalue weighted by Gasteiger charge is -2.26. The first-order valence-corrected chi connectivity index (χ1v) is 5.04. The predicted octanol–water partition coefficient (Wildman–Crippen LogP) is 2.32. The summed E-state index contributed by atoms with van der Waals surface area (Å²) in [5.74, 6) is 1.07. The Balaban J connectivity index is 1.53. The molecule has 0 aromatic rings. The van der Waals surface area contributed by atoms with Crippen LogP contribution in [0.3, 0.4) is 0 Å². The number of nitrogens with one attached hydrogen (secondary N) is 1. The van der Waals surface area contributed by atoms with Crippen molar-refractivity contribution in [3.05, 3.63) is 0 Å². The van der Waals surface area contributed by atoms with Crippen LogP contribution in [-0.2, 0) is 0 Å². The fraction of sp³-hybridized carbons (Fsp3) is 1.00. The second-order valence-corrected chi connectivity index (χ2v) is 4.57. The molecule has 2 aliphatic carbocycles. The van der Waals surface area contributed by atoms with Crippen molar-refractivity contribution in [1.29, 1.82) is 0 Å². The number of hydrogen-bond acceptors (Lipinski definition) is 1. The van der Waals surface area contributed by atoms with Crippen LogP contribution in [0.25, 0.3) is 0 Å². The van der Waals surface area contributed by atoms with E-state index in [4.69, 9.17) is 0 Å². The predicted molar refractivity (Wildman–Crippen MR) is 47.6 cm³/mol. The SMILES string of the molecule is CC1(NCCC2CCC2)CC1. The van der Waals surface area contributed by atoms with Crippen molar-refractivity contribution in [3.8, 4) is 0 Å². The summed E-state index contributed by atoms with van der Waals surface area (Å²) in [4.78, 5) is 0. The quantitative estimate of drug-likeness (QED) is 0.653. The third-order valence-electron chi connectivity index (χ3n) is 3.33. The van der Waals surface area contributed by atoms with Crippen molar-refractivity contribution in [2.45, 2.75) is 51.0 Å². The van der Waals surface area contributed by atoms with Gasteiger partial charge in [-0.15, -0.1) is 0 Å². The fourth-order valence-electron chi connectivity index (χ4n) is 1.72. The highest BCUT2D eigenvalue weighted by molar-refractivity contribution is 4.97. The minimum absolute atomic E-state index is 0.559. The maximum atomic E-state index is 3.63. The normalized spacial score (nSPS) is 28.1. The zero-order valence-electron chi connectivity index (χ0n) is 7.53. The van der Waals surface area contributed by atoms with Gasteiger partial charge in [0.25, 0.3) is 0 Å². The van der Waals surface area contributed by atoms with Gasteiger partial charge in [0.1, 0.15) is 0 Å².